The number of benzene rings is 6. The van der Waals surface area contributed by atoms with Crippen LogP contribution >= 0.6 is 0 Å². The molecule has 6 aromatic carbocycles. The van der Waals surface area contributed by atoms with E-state index in [0.717, 1.165) is 31.4 Å². The number of hydrogen-bond acceptors (Lipinski definition) is 1. The fourth-order valence-corrected chi connectivity index (χ4v) is 11.1. The second kappa shape index (κ2) is 14.5. The zero-order valence-corrected chi connectivity index (χ0v) is 35.1. The first-order valence-corrected chi connectivity index (χ1v) is 21.9. The number of nitrogens with zero attached hydrogens (tertiary/aromatic N) is 1. The van der Waals surface area contributed by atoms with Crippen LogP contribution in [-0.4, -0.2) is 5.71 Å². The molecule has 2 unspecified atom stereocenters. The summed E-state index contributed by atoms with van der Waals surface area (Å²) < 4.78 is 0. The first-order valence-electron chi connectivity index (χ1n) is 21.9. The van der Waals surface area contributed by atoms with Gasteiger partial charge in [-0.25, -0.2) is 0 Å². The van der Waals surface area contributed by atoms with Crippen LogP contribution in [0.2, 0.25) is 0 Å². The average molecular weight is 766 g/mol. The van der Waals surface area contributed by atoms with Crippen molar-refractivity contribution in [3.05, 3.63) is 220 Å². The SMILES string of the molecule is Cc1ccccc1C12C=CC=C[C@]1(CCCc1ccc(-c3ccc(/C4=C/C(c5ccc6c(c5)C(C)(C)c5ccccc5-6)=NC(C)(c5ccccc5)CCC4)cc3)cc1)C2. The summed E-state index contributed by atoms with van der Waals surface area (Å²) in [6, 6.07) is 54.5. The van der Waals surface area contributed by atoms with Crippen LogP contribution in [0.15, 0.2) is 181 Å². The van der Waals surface area contributed by atoms with Gasteiger partial charge in [-0.05, 0) is 138 Å². The van der Waals surface area contributed by atoms with Crippen LogP contribution in [-0.2, 0) is 22.8 Å². The van der Waals surface area contributed by atoms with Crippen molar-refractivity contribution >= 4 is 11.3 Å². The van der Waals surface area contributed by atoms with E-state index in [1.54, 1.807) is 0 Å². The van der Waals surface area contributed by atoms with E-state index >= 15 is 0 Å². The maximum absolute atomic E-state index is 5.69. The van der Waals surface area contributed by atoms with Crippen LogP contribution in [0.1, 0.15) is 104 Å². The van der Waals surface area contributed by atoms with Crippen LogP contribution in [0.5, 0.6) is 0 Å². The van der Waals surface area contributed by atoms with E-state index in [1.807, 2.05) is 0 Å². The van der Waals surface area contributed by atoms with Crippen molar-refractivity contribution < 1.29 is 0 Å². The molecule has 3 aliphatic carbocycles. The molecule has 1 heteroatoms. The Morgan fingerprint density at radius 3 is 2.02 bits per heavy atom. The number of allylic oxidation sites excluding steroid dienone is 6. The van der Waals surface area contributed by atoms with Crippen LogP contribution in [0.25, 0.3) is 27.8 Å². The van der Waals surface area contributed by atoms with Gasteiger partial charge in [-0.3, -0.25) is 4.99 Å². The van der Waals surface area contributed by atoms with E-state index in [4.69, 9.17) is 4.99 Å². The predicted octanol–water partition coefficient (Wildman–Crippen LogP) is 14.7. The molecule has 1 nitrogen and oxygen atoms in total. The first kappa shape index (κ1) is 37.5. The van der Waals surface area contributed by atoms with E-state index in [-0.39, 0.29) is 21.8 Å². The first-order chi connectivity index (χ1) is 28.7. The Morgan fingerprint density at radius 2 is 1.24 bits per heavy atom. The van der Waals surface area contributed by atoms with E-state index in [1.165, 1.54) is 91.6 Å². The van der Waals surface area contributed by atoms with Gasteiger partial charge in [0, 0.05) is 21.8 Å². The minimum atomic E-state index is -0.306. The van der Waals surface area contributed by atoms with Gasteiger partial charge in [-0.1, -0.05) is 178 Å². The highest BCUT2D eigenvalue weighted by molar-refractivity contribution is 6.13. The molecule has 1 fully saturated rings. The van der Waals surface area contributed by atoms with Crippen molar-refractivity contribution in [3.8, 4) is 22.3 Å². The van der Waals surface area contributed by atoms with Crippen LogP contribution < -0.4 is 0 Å². The fraction of sp³-hybridized carbons (Fsp3) is 0.259. The molecule has 6 aromatic rings. The van der Waals surface area contributed by atoms with Gasteiger partial charge in [-0.2, -0.15) is 0 Å². The minimum Gasteiger partial charge on any atom is -0.274 e. The van der Waals surface area contributed by atoms with Crippen molar-refractivity contribution in [2.45, 2.75) is 89.0 Å². The van der Waals surface area contributed by atoms with Gasteiger partial charge in [0.2, 0.25) is 0 Å². The van der Waals surface area contributed by atoms with Crippen molar-refractivity contribution in [1.29, 1.82) is 0 Å². The number of hydrogen-bond donors (Lipinski definition) is 0. The second-order valence-corrected chi connectivity index (χ2v) is 18.6. The van der Waals surface area contributed by atoms with E-state index < -0.39 is 0 Å². The summed E-state index contributed by atoms with van der Waals surface area (Å²) in [5.41, 5.74) is 18.6. The molecule has 1 saturated carbocycles. The second-order valence-electron chi connectivity index (χ2n) is 18.6. The minimum absolute atomic E-state index is 0.0664. The van der Waals surface area contributed by atoms with Gasteiger partial charge in [-0.15, -0.1) is 0 Å². The van der Waals surface area contributed by atoms with Crippen molar-refractivity contribution in [2.75, 3.05) is 0 Å². The Bertz CT molecular complexity index is 2670. The van der Waals surface area contributed by atoms with Crippen LogP contribution in [0.3, 0.4) is 0 Å². The van der Waals surface area contributed by atoms with E-state index in [2.05, 4.69) is 204 Å². The van der Waals surface area contributed by atoms with Gasteiger partial charge in [0.25, 0.3) is 0 Å². The third-order valence-corrected chi connectivity index (χ3v) is 14.6. The number of aliphatic imine (C=N–C) groups is 1. The lowest BCUT2D eigenvalue weighted by Crippen LogP contribution is -2.23. The lowest BCUT2D eigenvalue weighted by Gasteiger charge is -2.30. The van der Waals surface area contributed by atoms with Gasteiger partial charge in [0.1, 0.15) is 0 Å². The third-order valence-electron chi connectivity index (χ3n) is 14.6. The van der Waals surface area contributed by atoms with Gasteiger partial charge in [0.15, 0.2) is 0 Å². The lowest BCUT2D eigenvalue weighted by molar-refractivity contribution is 0.442. The highest BCUT2D eigenvalue weighted by atomic mass is 14.9. The summed E-state index contributed by atoms with van der Waals surface area (Å²) in [7, 11) is 0. The maximum Gasteiger partial charge on any atom is 0.0836 e. The molecular formula is C58H55N. The summed E-state index contributed by atoms with van der Waals surface area (Å²) >= 11 is 0. The van der Waals surface area contributed by atoms with Crippen molar-refractivity contribution in [3.63, 3.8) is 0 Å². The lowest BCUT2D eigenvalue weighted by atomic mass is 9.78. The highest BCUT2D eigenvalue weighted by Gasteiger charge is 2.65. The highest BCUT2D eigenvalue weighted by Crippen LogP contribution is 2.70. The number of rotatable bonds is 9. The van der Waals surface area contributed by atoms with Crippen LogP contribution in [0.4, 0.5) is 0 Å². The van der Waals surface area contributed by atoms with Gasteiger partial charge in [0.05, 0.1) is 11.3 Å². The summed E-state index contributed by atoms with van der Waals surface area (Å²) in [6.45, 7) is 9.32. The Kier molecular flexibility index (Phi) is 9.20. The van der Waals surface area contributed by atoms with Gasteiger partial charge >= 0.3 is 0 Å². The van der Waals surface area contributed by atoms with E-state index in [9.17, 15) is 0 Å². The molecule has 59 heavy (non-hydrogen) atoms. The molecule has 10 rings (SSSR count). The quantitative estimate of drug-likeness (QED) is 0.139. The Hall–Kier alpha value is -5.79. The molecule has 3 atom stereocenters. The molecule has 0 N–H and O–H groups in total. The Morgan fingerprint density at radius 1 is 0.593 bits per heavy atom. The number of fused-ring (bicyclic) bond motifs is 4. The van der Waals surface area contributed by atoms with Gasteiger partial charge < -0.3 is 0 Å². The van der Waals surface area contributed by atoms with E-state index in [0.29, 0.717) is 0 Å². The largest absolute Gasteiger partial charge is 0.274 e. The molecule has 0 bridgehead atoms. The monoisotopic (exact) mass is 765 g/mol. The Balaban J connectivity index is 0.888. The topological polar surface area (TPSA) is 12.4 Å². The molecule has 1 aliphatic heterocycles. The maximum atomic E-state index is 5.69. The molecule has 292 valence electrons. The molecule has 1 heterocycles. The smallest absolute Gasteiger partial charge is 0.0836 e. The molecule has 0 amide bonds. The average Bonchev–Trinajstić information content (AvgIpc) is 3.89. The predicted molar refractivity (Wildman–Crippen MR) is 249 cm³/mol. The summed E-state index contributed by atoms with van der Waals surface area (Å²) in [5.74, 6) is 0. The van der Waals surface area contributed by atoms with Crippen LogP contribution in [0, 0.1) is 12.3 Å². The number of aryl methyl sites for hydroxylation is 2. The normalized spacial score (nSPS) is 24.5. The van der Waals surface area contributed by atoms with Crippen molar-refractivity contribution in [1.82, 2.24) is 0 Å². The van der Waals surface area contributed by atoms with Crippen molar-refractivity contribution in [2.24, 2.45) is 10.4 Å². The standard InChI is InChI=1S/C58H55N/c1-41-16-8-10-22-51(41)58-37-13-12-35-57(58,40-58)36-14-17-42-24-26-43(27-25-42)44-28-30-45(31-29-44)46-18-15-34-56(4,48-19-6-5-7-20-48)59-54(39-46)47-32-33-50-49-21-9-11-23-52(49)55(2,3)53(50)38-47/h5-13,16,19-33,35,37-39H,14-15,17-18,34,36,40H2,1-4H3/b46-39+,59-54?/t56?,57-,58?/m0/s1. The fourth-order valence-electron chi connectivity index (χ4n) is 11.1. The molecular weight excluding hydrogens is 711 g/mol. The summed E-state index contributed by atoms with van der Waals surface area (Å²) in [4.78, 5) is 5.69. The molecule has 0 spiro atoms. The zero-order chi connectivity index (χ0) is 40.2. The summed E-state index contributed by atoms with van der Waals surface area (Å²) in [6.07, 6.45) is 19.7. The molecule has 0 radical (unpaired) electrons. The molecule has 0 aromatic heterocycles. The third kappa shape index (κ3) is 6.51. The Labute approximate surface area is 352 Å². The molecule has 4 aliphatic rings. The molecule has 0 saturated heterocycles. The summed E-state index contributed by atoms with van der Waals surface area (Å²) in [5, 5.41) is 0. The zero-order valence-electron chi connectivity index (χ0n) is 35.1.